The van der Waals surface area contributed by atoms with Crippen molar-refractivity contribution < 1.29 is 14.7 Å². The molecule has 2 atom stereocenters. The number of carboxylic acids is 1. The van der Waals surface area contributed by atoms with Crippen LogP contribution in [-0.4, -0.2) is 36.8 Å². The number of aromatic nitrogens is 1. The SMILES string of the molecule is C=C(SC1S[C@@H]2CC(=O)N2C=C1C(=O)O)c1cccnc1. The number of hydrogen-bond acceptors (Lipinski definition) is 5. The van der Waals surface area contributed by atoms with Gasteiger partial charge < -0.3 is 10.0 Å². The zero-order chi connectivity index (χ0) is 15.0. The minimum absolute atomic E-state index is 0.0271. The van der Waals surface area contributed by atoms with Gasteiger partial charge in [0.1, 0.15) is 0 Å². The summed E-state index contributed by atoms with van der Waals surface area (Å²) < 4.78 is -0.274. The van der Waals surface area contributed by atoms with E-state index in [2.05, 4.69) is 11.6 Å². The van der Waals surface area contributed by atoms with E-state index in [1.54, 1.807) is 12.4 Å². The zero-order valence-electron chi connectivity index (χ0n) is 10.9. The highest BCUT2D eigenvalue weighted by Gasteiger charge is 2.43. The quantitative estimate of drug-likeness (QED) is 0.859. The minimum Gasteiger partial charge on any atom is -0.478 e. The van der Waals surface area contributed by atoms with Crippen LogP contribution in [0.15, 0.2) is 42.9 Å². The summed E-state index contributed by atoms with van der Waals surface area (Å²) in [4.78, 5) is 29.1. The molecule has 0 radical (unpaired) electrons. The van der Waals surface area contributed by atoms with Crippen molar-refractivity contribution in [1.29, 1.82) is 0 Å². The fourth-order valence-electron chi connectivity index (χ4n) is 2.07. The molecule has 1 N–H and O–H groups in total. The van der Waals surface area contributed by atoms with Gasteiger partial charge in [0.15, 0.2) is 0 Å². The van der Waals surface area contributed by atoms with E-state index in [1.165, 1.54) is 34.6 Å². The molecule has 1 aromatic heterocycles. The van der Waals surface area contributed by atoms with Crippen molar-refractivity contribution in [2.75, 3.05) is 0 Å². The van der Waals surface area contributed by atoms with E-state index in [0.29, 0.717) is 6.42 Å². The molecular formula is C14H12N2O3S2. The maximum Gasteiger partial charge on any atom is 0.335 e. The number of carbonyl (C=O) groups excluding carboxylic acids is 1. The molecule has 2 aliphatic rings. The molecule has 7 heteroatoms. The van der Waals surface area contributed by atoms with E-state index >= 15 is 0 Å². The van der Waals surface area contributed by atoms with Crippen LogP contribution in [0.1, 0.15) is 12.0 Å². The van der Waals surface area contributed by atoms with Gasteiger partial charge in [-0.15, -0.1) is 23.5 Å². The summed E-state index contributed by atoms with van der Waals surface area (Å²) in [5.41, 5.74) is 1.10. The topological polar surface area (TPSA) is 70.5 Å². The van der Waals surface area contributed by atoms with Gasteiger partial charge in [-0.3, -0.25) is 9.78 Å². The second kappa shape index (κ2) is 5.57. The second-order valence-electron chi connectivity index (χ2n) is 4.60. The number of nitrogens with zero attached hydrogens (tertiary/aromatic N) is 2. The number of pyridine rings is 1. The first-order chi connectivity index (χ1) is 10.1. The Balaban J connectivity index is 1.79. The average molecular weight is 320 g/mol. The van der Waals surface area contributed by atoms with E-state index in [4.69, 9.17) is 0 Å². The van der Waals surface area contributed by atoms with Crippen molar-refractivity contribution in [2.45, 2.75) is 16.4 Å². The van der Waals surface area contributed by atoms with Crippen LogP contribution >= 0.6 is 23.5 Å². The highest BCUT2D eigenvalue weighted by Crippen LogP contribution is 2.47. The number of fused-ring (bicyclic) bond motifs is 1. The first-order valence-corrected chi connectivity index (χ1v) is 8.06. The summed E-state index contributed by atoms with van der Waals surface area (Å²) in [6, 6.07) is 3.70. The van der Waals surface area contributed by atoms with Crippen molar-refractivity contribution in [2.24, 2.45) is 0 Å². The van der Waals surface area contributed by atoms with Crippen LogP contribution in [0.2, 0.25) is 0 Å². The zero-order valence-corrected chi connectivity index (χ0v) is 12.6. The lowest BCUT2D eigenvalue weighted by Crippen LogP contribution is -2.50. The standard InChI is InChI=1S/C14H12N2O3S2/c1-8(9-3-2-4-15-6-9)20-14-10(13(18)19)7-16-11(17)5-12(16)21-14/h2-4,6-7,12,14H,1,5H2,(H,18,19)/t12-,14?/m1/s1. The highest BCUT2D eigenvalue weighted by molar-refractivity contribution is 8.22. The fraction of sp³-hybridized carbons (Fsp3) is 0.214. The van der Waals surface area contributed by atoms with E-state index in [0.717, 1.165) is 10.5 Å². The lowest BCUT2D eigenvalue weighted by Gasteiger charge is -2.43. The van der Waals surface area contributed by atoms with Crippen LogP contribution in [-0.2, 0) is 9.59 Å². The molecule has 0 spiro atoms. The largest absolute Gasteiger partial charge is 0.478 e. The summed E-state index contributed by atoms with van der Waals surface area (Å²) in [6.45, 7) is 4.00. The van der Waals surface area contributed by atoms with Crippen LogP contribution in [0.5, 0.6) is 0 Å². The molecule has 1 fully saturated rings. The minimum atomic E-state index is -1.00. The summed E-state index contributed by atoms with van der Waals surface area (Å²) in [5, 5.41) is 9.37. The molecule has 0 aliphatic carbocycles. The number of hydrogen-bond donors (Lipinski definition) is 1. The Morgan fingerprint density at radius 1 is 1.57 bits per heavy atom. The van der Waals surface area contributed by atoms with Crippen LogP contribution in [0.3, 0.4) is 0 Å². The third kappa shape index (κ3) is 2.71. The van der Waals surface area contributed by atoms with Gasteiger partial charge in [0.25, 0.3) is 0 Å². The van der Waals surface area contributed by atoms with Crippen LogP contribution in [0.4, 0.5) is 0 Å². The number of carboxylic acid groups (broad SMARTS) is 1. The van der Waals surface area contributed by atoms with Gasteiger partial charge >= 0.3 is 5.97 Å². The predicted molar refractivity (Wildman–Crippen MR) is 83.2 cm³/mol. The highest BCUT2D eigenvalue weighted by atomic mass is 32.2. The first-order valence-electron chi connectivity index (χ1n) is 6.24. The molecule has 1 unspecified atom stereocenters. The number of carbonyl (C=O) groups is 2. The monoisotopic (exact) mass is 320 g/mol. The summed E-state index contributed by atoms with van der Waals surface area (Å²) >= 11 is 2.87. The van der Waals surface area contributed by atoms with Crippen LogP contribution in [0, 0.1) is 0 Å². The van der Waals surface area contributed by atoms with Gasteiger partial charge in [0.2, 0.25) is 5.91 Å². The van der Waals surface area contributed by atoms with Gasteiger partial charge in [-0.1, -0.05) is 12.6 Å². The van der Waals surface area contributed by atoms with Gasteiger partial charge in [0, 0.05) is 29.1 Å². The summed E-state index contributed by atoms with van der Waals surface area (Å²) in [7, 11) is 0. The van der Waals surface area contributed by atoms with Crippen molar-refractivity contribution in [3.8, 4) is 0 Å². The summed E-state index contributed by atoms with van der Waals surface area (Å²) in [5.74, 6) is -1.03. The lowest BCUT2D eigenvalue weighted by atomic mass is 10.2. The second-order valence-corrected chi connectivity index (χ2v) is 7.39. The van der Waals surface area contributed by atoms with Gasteiger partial charge in [0.05, 0.1) is 21.9 Å². The number of thioether (sulfide) groups is 2. The molecule has 5 nitrogen and oxygen atoms in total. The van der Waals surface area contributed by atoms with Crippen LogP contribution in [0.25, 0.3) is 4.91 Å². The first kappa shape index (κ1) is 14.2. The van der Waals surface area contributed by atoms with E-state index < -0.39 is 5.97 Å². The number of aliphatic carboxylic acids is 1. The molecule has 3 rings (SSSR count). The molecular weight excluding hydrogens is 308 g/mol. The Morgan fingerprint density at radius 2 is 2.38 bits per heavy atom. The molecule has 0 bridgehead atoms. The number of rotatable bonds is 4. The molecule has 0 aromatic carbocycles. The normalized spacial score (nSPS) is 23.9. The number of amides is 1. The lowest BCUT2D eigenvalue weighted by molar-refractivity contribution is -0.137. The molecule has 2 aliphatic heterocycles. The number of β-lactam (4-membered cyclic amide) rings is 1. The molecule has 0 saturated carbocycles. The van der Waals surface area contributed by atoms with Gasteiger partial charge in [-0.05, 0) is 6.07 Å². The van der Waals surface area contributed by atoms with Crippen molar-refractivity contribution >= 4 is 40.3 Å². The van der Waals surface area contributed by atoms with E-state index in [1.807, 2.05) is 12.1 Å². The van der Waals surface area contributed by atoms with Crippen molar-refractivity contribution in [3.05, 3.63) is 48.4 Å². The summed E-state index contributed by atoms with van der Waals surface area (Å²) in [6.07, 6.45) is 5.30. The van der Waals surface area contributed by atoms with E-state index in [9.17, 15) is 14.7 Å². The molecule has 108 valence electrons. The maximum absolute atomic E-state index is 11.4. The molecule has 1 aromatic rings. The predicted octanol–water partition coefficient (Wildman–Crippen LogP) is 2.39. The Labute approximate surface area is 130 Å². The Hall–Kier alpha value is -1.73. The molecule has 21 heavy (non-hydrogen) atoms. The molecule has 3 heterocycles. The van der Waals surface area contributed by atoms with Crippen molar-refractivity contribution in [1.82, 2.24) is 9.88 Å². The Kier molecular flexibility index (Phi) is 3.77. The third-order valence-corrected chi connectivity index (χ3v) is 6.06. The van der Waals surface area contributed by atoms with Gasteiger partial charge in [-0.25, -0.2) is 4.79 Å². The maximum atomic E-state index is 11.4. The van der Waals surface area contributed by atoms with Crippen LogP contribution < -0.4 is 0 Å². The molecule has 1 saturated heterocycles. The Morgan fingerprint density at radius 3 is 3.00 bits per heavy atom. The molecule has 1 amide bonds. The van der Waals surface area contributed by atoms with E-state index in [-0.39, 0.29) is 21.4 Å². The smallest absolute Gasteiger partial charge is 0.335 e. The third-order valence-electron chi connectivity index (χ3n) is 3.24. The average Bonchev–Trinajstić information content (AvgIpc) is 2.47. The van der Waals surface area contributed by atoms with Crippen molar-refractivity contribution in [3.63, 3.8) is 0 Å². The Bertz CT molecular complexity index is 645. The van der Waals surface area contributed by atoms with Gasteiger partial charge in [-0.2, -0.15) is 0 Å². The fourth-order valence-corrected chi connectivity index (χ4v) is 4.97.